The molecule has 26 heavy (non-hydrogen) atoms. The minimum Gasteiger partial charge on any atom is -0.333 e. The van der Waals surface area contributed by atoms with Crippen LogP contribution in [-0.4, -0.2) is 51.4 Å². The van der Waals surface area contributed by atoms with Gasteiger partial charge in [0.1, 0.15) is 5.82 Å². The topological polar surface area (TPSA) is 65.2 Å². The van der Waals surface area contributed by atoms with E-state index in [0.29, 0.717) is 23.6 Å². The monoisotopic (exact) mass is 349 g/mol. The normalized spacial score (nSPS) is 20.4. The fourth-order valence-electron chi connectivity index (χ4n) is 4.05. The molecular formula is C20H23N5O. The molecule has 2 aromatic rings. The molecule has 4 rings (SSSR count). The van der Waals surface area contributed by atoms with Crippen LogP contribution in [0.5, 0.6) is 0 Å². The molecule has 0 spiro atoms. The van der Waals surface area contributed by atoms with Gasteiger partial charge in [0.25, 0.3) is 5.91 Å². The summed E-state index contributed by atoms with van der Waals surface area (Å²) in [5.41, 5.74) is 1.09. The molecule has 0 bridgehead atoms. The van der Waals surface area contributed by atoms with Gasteiger partial charge in [-0.2, -0.15) is 5.26 Å². The van der Waals surface area contributed by atoms with Crippen molar-refractivity contribution in [3.8, 4) is 6.07 Å². The van der Waals surface area contributed by atoms with Gasteiger partial charge in [-0.15, -0.1) is 0 Å². The highest BCUT2D eigenvalue weighted by Gasteiger charge is 2.28. The molecule has 1 atom stereocenters. The Labute approximate surface area is 153 Å². The van der Waals surface area contributed by atoms with Gasteiger partial charge < -0.3 is 14.4 Å². The molecule has 1 amide bonds. The Kier molecular flexibility index (Phi) is 4.72. The molecule has 0 aliphatic carbocycles. The van der Waals surface area contributed by atoms with Crippen LogP contribution in [0.4, 0.5) is 0 Å². The number of imidazole rings is 1. The first-order chi connectivity index (χ1) is 12.7. The zero-order valence-electron chi connectivity index (χ0n) is 14.8. The van der Waals surface area contributed by atoms with E-state index in [1.165, 1.54) is 12.8 Å². The molecule has 1 unspecified atom stereocenters. The van der Waals surface area contributed by atoms with Gasteiger partial charge in [0.15, 0.2) is 0 Å². The van der Waals surface area contributed by atoms with E-state index in [4.69, 9.17) is 5.26 Å². The van der Waals surface area contributed by atoms with E-state index >= 15 is 0 Å². The number of hydrogen-bond acceptors (Lipinski definition) is 4. The third kappa shape index (κ3) is 3.49. The minimum atomic E-state index is -0.0232. The fourth-order valence-corrected chi connectivity index (χ4v) is 4.05. The number of nitriles is 1. The van der Waals surface area contributed by atoms with Gasteiger partial charge in [-0.25, -0.2) is 4.98 Å². The van der Waals surface area contributed by atoms with Gasteiger partial charge >= 0.3 is 0 Å². The molecule has 2 aliphatic rings. The quantitative estimate of drug-likeness (QED) is 0.851. The molecule has 6 heteroatoms. The summed E-state index contributed by atoms with van der Waals surface area (Å²) in [5, 5.41) is 9.11. The first kappa shape index (κ1) is 16.8. The van der Waals surface area contributed by atoms with E-state index in [9.17, 15) is 4.79 Å². The highest BCUT2D eigenvalue weighted by Crippen LogP contribution is 2.20. The van der Waals surface area contributed by atoms with Gasteiger partial charge in [0.05, 0.1) is 18.2 Å². The largest absolute Gasteiger partial charge is 0.333 e. The SMILES string of the molecule is N#Cc1cccc(C(=O)N2Cc3nccn3CC(CN3CCCC3)C2)c1. The fraction of sp³-hybridized carbons (Fsp3) is 0.450. The van der Waals surface area contributed by atoms with Crippen LogP contribution in [0, 0.1) is 17.2 Å². The van der Waals surface area contributed by atoms with Crippen LogP contribution in [0.3, 0.4) is 0 Å². The molecule has 1 fully saturated rings. The van der Waals surface area contributed by atoms with E-state index < -0.39 is 0 Å². The van der Waals surface area contributed by atoms with Crippen molar-refractivity contribution >= 4 is 5.91 Å². The van der Waals surface area contributed by atoms with Gasteiger partial charge in [-0.3, -0.25) is 4.79 Å². The van der Waals surface area contributed by atoms with Crippen molar-refractivity contribution in [2.24, 2.45) is 5.92 Å². The summed E-state index contributed by atoms with van der Waals surface area (Å²) >= 11 is 0. The number of carbonyl (C=O) groups is 1. The van der Waals surface area contributed by atoms with Crippen molar-refractivity contribution in [2.75, 3.05) is 26.2 Å². The average Bonchev–Trinajstić information content (AvgIpc) is 3.30. The number of likely N-dealkylation sites (tertiary alicyclic amines) is 1. The molecule has 3 heterocycles. The Morgan fingerprint density at radius 1 is 1.27 bits per heavy atom. The van der Waals surface area contributed by atoms with Crippen LogP contribution in [0.2, 0.25) is 0 Å². The lowest BCUT2D eigenvalue weighted by Crippen LogP contribution is -2.38. The molecule has 2 aliphatic heterocycles. The first-order valence-electron chi connectivity index (χ1n) is 9.25. The van der Waals surface area contributed by atoms with Crippen LogP contribution in [0.1, 0.15) is 34.6 Å². The summed E-state index contributed by atoms with van der Waals surface area (Å²) in [6.45, 7) is 5.46. The predicted molar refractivity (Wildman–Crippen MR) is 97.3 cm³/mol. The van der Waals surface area contributed by atoms with Gasteiger partial charge in [-0.1, -0.05) is 6.07 Å². The van der Waals surface area contributed by atoms with E-state index in [1.54, 1.807) is 24.3 Å². The van der Waals surface area contributed by atoms with Crippen molar-refractivity contribution in [2.45, 2.75) is 25.9 Å². The van der Waals surface area contributed by atoms with Gasteiger partial charge in [-0.05, 0) is 44.1 Å². The lowest BCUT2D eigenvalue weighted by atomic mass is 10.1. The van der Waals surface area contributed by atoms with Crippen molar-refractivity contribution in [3.05, 3.63) is 53.6 Å². The number of hydrogen-bond donors (Lipinski definition) is 0. The second-order valence-corrected chi connectivity index (χ2v) is 7.25. The average molecular weight is 349 g/mol. The highest BCUT2D eigenvalue weighted by atomic mass is 16.2. The predicted octanol–water partition coefficient (Wildman–Crippen LogP) is 2.12. The van der Waals surface area contributed by atoms with E-state index in [0.717, 1.165) is 38.5 Å². The smallest absolute Gasteiger partial charge is 0.254 e. The highest BCUT2D eigenvalue weighted by molar-refractivity contribution is 5.94. The number of nitrogens with zero attached hydrogens (tertiary/aromatic N) is 5. The molecule has 1 saturated heterocycles. The first-order valence-corrected chi connectivity index (χ1v) is 9.25. The zero-order valence-corrected chi connectivity index (χ0v) is 14.8. The van der Waals surface area contributed by atoms with Crippen molar-refractivity contribution in [1.82, 2.24) is 19.4 Å². The minimum absolute atomic E-state index is 0.0232. The summed E-state index contributed by atoms with van der Waals surface area (Å²) in [7, 11) is 0. The number of carbonyl (C=O) groups excluding carboxylic acids is 1. The maximum absolute atomic E-state index is 13.1. The van der Waals surface area contributed by atoms with E-state index in [1.807, 2.05) is 17.3 Å². The Hall–Kier alpha value is -2.65. The molecule has 1 aromatic heterocycles. The zero-order chi connectivity index (χ0) is 17.9. The van der Waals surface area contributed by atoms with Crippen LogP contribution in [0.15, 0.2) is 36.7 Å². The van der Waals surface area contributed by atoms with Crippen LogP contribution < -0.4 is 0 Å². The summed E-state index contributed by atoms with van der Waals surface area (Å²) < 4.78 is 2.18. The number of fused-ring (bicyclic) bond motifs is 1. The summed E-state index contributed by atoms with van der Waals surface area (Å²) in [5.74, 6) is 1.29. The summed E-state index contributed by atoms with van der Waals surface area (Å²) in [6.07, 6.45) is 6.36. The maximum Gasteiger partial charge on any atom is 0.254 e. The van der Waals surface area contributed by atoms with Crippen molar-refractivity contribution in [1.29, 1.82) is 5.26 Å². The van der Waals surface area contributed by atoms with Gasteiger partial charge in [0, 0.05) is 43.5 Å². The van der Waals surface area contributed by atoms with Gasteiger partial charge in [0.2, 0.25) is 0 Å². The Morgan fingerprint density at radius 3 is 2.92 bits per heavy atom. The van der Waals surface area contributed by atoms with E-state index in [2.05, 4.69) is 20.5 Å². The van der Waals surface area contributed by atoms with Crippen LogP contribution in [0.25, 0.3) is 0 Å². The maximum atomic E-state index is 13.1. The second kappa shape index (κ2) is 7.30. The van der Waals surface area contributed by atoms with Crippen molar-refractivity contribution < 1.29 is 4.79 Å². The Balaban J connectivity index is 1.57. The molecule has 0 radical (unpaired) electrons. The molecule has 0 saturated carbocycles. The number of benzene rings is 1. The second-order valence-electron chi connectivity index (χ2n) is 7.25. The van der Waals surface area contributed by atoms with E-state index in [-0.39, 0.29) is 5.91 Å². The number of amides is 1. The third-order valence-corrected chi connectivity index (χ3v) is 5.31. The Bertz CT molecular complexity index is 831. The lowest BCUT2D eigenvalue weighted by Gasteiger charge is -2.27. The number of rotatable bonds is 3. The molecule has 1 aromatic carbocycles. The molecule has 0 N–H and O–H groups in total. The lowest BCUT2D eigenvalue weighted by molar-refractivity contribution is 0.0707. The van der Waals surface area contributed by atoms with Crippen molar-refractivity contribution in [3.63, 3.8) is 0 Å². The molecular weight excluding hydrogens is 326 g/mol. The molecule has 6 nitrogen and oxygen atoms in total. The Morgan fingerprint density at radius 2 is 2.12 bits per heavy atom. The summed E-state index contributed by atoms with van der Waals surface area (Å²) in [6, 6.07) is 9.07. The third-order valence-electron chi connectivity index (χ3n) is 5.31. The number of aromatic nitrogens is 2. The van der Waals surface area contributed by atoms with Crippen LogP contribution >= 0.6 is 0 Å². The molecule has 134 valence electrons. The van der Waals surface area contributed by atoms with Crippen LogP contribution in [-0.2, 0) is 13.1 Å². The summed E-state index contributed by atoms with van der Waals surface area (Å²) in [4.78, 5) is 21.9. The standard InChI is InChI=1S/C20H23N5O/c21-11-16-4-3-5-18(10-16)20(26)25-14-17(12-23-7-1-2-8-23)13-24-9-6-22-19(24)15-25/h3-6,9-10,17H,1-2,7-8,12-15H2.